The monoisotopic (exact) mass is 182 g/mol. The van der Waals surface area contributed by atoms with Crippen LogP contribution in [0.2, 0.25) is 0 Å². The molecular weight excluding hydrogens is 175 g/mol. The molecule has 0 rings (SSSR count). The van der Waals surface area contributed by atoms with E-state index in [0.717, 1.165) is 6.92 Å². The van der Waals surface area contributed by atoms with Crippen LogP contribution in [0.5, 0.6) is 0 Å². The standard InChI is InChI=1S/C6H6O5.Na.H/c1-4(7)11-6(10)3-2-5(8)9;;/h2-3H,1H3,(H,8,9);;/b3-2-;;. The number of ether oxygens (including phenoxy) is 1. The van der Waals surface area contributed by atoms with Gasteiger partial charge in [0.15, 0.2) is 0 Å². The first-order chi connectivity index (χ1) is 5.02. The maximum atomic E-state index is 10.4. The summed E-state index contributed by atoms with van der Waals surface area (Å²) in [5.41, 5.74) is 0. The van der Waals surface area contributed by atoms with Crippen molar-refractivity contribution in [1.82, 2.24) is 0 Å². The Morgan fingerprint density at radius 3 is 2.08 bits per heavy atom. The molecule has 0 atom stereocenters. The van der Waals surface area contributed by atoms with Crippen molar-refractivity contribution in [2.75, 3.05) is 0 Å². The zero-order valence-corrected chi connectivity index (χ0v) is 5.73. The number of esters is 2. The second-order valence-electron chi connectivity index (χ2n) is 1.58. The summed E-state index contributed by atoms with van der Waals surface area (Å²) in [5.74, 6) is -3.03. The van der Waals surface area contributed by atoms with Gasteiger partial charge in [0, 0.05) is 19.1 Å². The quantitative estimate of drug-likeness (QED) is 0.258. The summed E-state index contributed by atoms with van der Waals surface area (Å²) in [6.45, 7) is 1.05. The predicted octanol–water partition coefficient (Wildman–Crippen LogP) is -0.932. The molecule has 0 aliphatic rings. The van der Waals surface area contributed by atoms with Crippen LogP contribution < -0.4 is 0 Å². The fraction of sp³-hybridized carbons (Fsp3) is 0.167. The average Bonchev–Trinajstić information content (AvgIpc) is 1.82. The van der Waals surface area contributed by atoms with E-state index in [-0.39, 0.29) is 29.6 Å². The van der Waals surface area contributed by atoms with Crippen LogP contribution >= 0.6 is 0 Å². The molecule has 62 valence electrons. The number of carboxylic acid groups (broad SMARTS) is 1. The van der Waals surface area contributed by atoms with Crippen LogP contribution in [0.15, 0.2) is 12.2 Å². The molecule has 6 heteroatoms. The van der Waals surface area contributed by atoms with E-state index in [1.54, 1.807) is 0 Å². The average molecular weight is 182 g/mol. The first-order valence-electron chi connectivity index (χ1n) is 2.65. The Hall–Kier alpha value is -0.650. The molecule has 0 saturated carbocycles. The number of aliphatic carboxylic acids is 1. The number of hydrogen-bond acceptors (Lipinski definition) is 4. The molecule has 0 aliphatic carbocycles. The zero-order valence-electron chi connectivity index (χ0n) is 5.73. The van der Waals surface area contributed by atoms with E-state index in [9.17, 15) is 14.4 Å². The minimum absolute atomic E-state index is 0. The second-order valence-corrected chi connectivity index (χ2v) is 1.58. The number of carbonyl (C=O) groups excluding carboxylic acids is 2. The summed E-state index contributed by atoms with van der Waals surface area (Å²) in [5, 5.41) is 8.02. The molecule has 1 N–H and O–H groups in total. The van der Waals surface area contributed by atoms with E-state index in [1.165, 1.54) is 0 Å². The molecule has 12 heavy (non-hydrogen) atoms. The number of rotatable bonds is 2. The molecule has 0 spiro atoms. The summed E-state index contributed by atoms with van der Waals surface area (Å²) in [7, 11) is 0. The molecule has 0 aliphatic heterocycles. The van der Waals surface area contributed by atoms with Crippen LogP contribution in [0.1, 0.15) is 6.92 Å². The molecule has 0 bridgehead atoms. The van der Waals surface area contributed by atoms with E-state index in [0.29, 0.717) is 12.2 Å². The fourth-order valence-corrected chi connectivity index (χ4v) is 0.315. The van der Waals surface area contributed by atoms with Gasteiger partial charge in [0.1, 0.15) is 0 Å². The molecule has 0 fully saturated rings. The van der Waals surface area contributed by atoms with Crippen LogP contribution in [0.3, 0.4) is 0 Å². The van der Waals surface area contributed by atoms with Crippen molar-refractivity contribution in [2.24, 2.45) is 0 Å². The molecule has 0 aromatic heterocycles. The predicted molar refractivity (Wildman–Crippen MR) is 40.7 cm³/mol. The third-order valence-corrected chi connectivity index (χ3v) is 0.606. The van der Waals surface area contributed by atoms with Crippen molar-refractivity contribution in [1.29, 1.82) is 0 Å². The van der Waals surface area contributed by atoms with Gasteiger partial charge in [0.2, 0.25) is 0 Å². The van der Waals surface area contributed by atoms with Crippen LogP contribution in [-0.4, -0.2) is 52.6 Å². The van der Waals surface area contributed by atoms with E-state index < -0.39 is 17.9 Å². The van der Waals surface area contributed by atoms with Crippen LogP contribution in [0.25, 0.3) is 0 Å². The van der Waals surface area contributed by atoms with Crippen LogP contribution in [-0.2, 0) is 19.1 Å². The van der Waals surface area contributed by atoms with Gasteiger partial charge in [-0.3, -0.25) is 4.79 Å². The summed E-state index contributed by atoms with van der Waals surface area (Å²) in [4.78, 5) is 30.2. The summed E-state index contributed by atoms with van der Waals surface area (Å²) < 4.78 is 3.97. The Labute approximate surface area is 90.7 Å². The van der Waals surface area contributed by atoms with Crippen LogP contribution in [0.4, 0.5) is 0 Å². The van der Waals surface area contributed by atoms with Crippen molar-refractivity contribution in [3.8, 4) is 0 Å². The Balaban J connectivity index is 0. The van der Waals surface area contributed by atoms with E-state index in [2.05, 4.69) is 4.74 Å². The van der Waals surface area contributed by atoms with Crippen LogP contribution in [0, 0.1) is 0 Å². The van der Waals surface area contributed by atoms with Gasteiger partial charge in [-0.25, -0.2) is 9.59 Å². The number of carboxylic acids is 1. The minimum atomic E-state index is -1.27. The van der Waals surface area contributed by atoms with Gasteiger partial charge in [-0.2, -0.15) is 0 Å². The molecule has 0 heterocycles. The number of carbonyl (C=O) groups is 3. The van der Waals surface area contributed by atoms with Gasteiger partial charge >= 0.3 is 47.5 Å². The first-order valence-corrected chi connectivity index (χ1v) is 2.65. The Morgan fingerprint density at radius 2 is 1.75 bits per heavy atom. The molecule has 5 nitrogen and oxygen atoms in total. The fourth-order valence-electron chi connectivity index (χ4n) is 0.315. The van der Waals surface area contributed by atoms with Gasteiger partial charge in [0.05, 0.1) is 0 Å². The first kappa shape index (κ1) is 13.9. The van der Waals surface area contributed by atoms with E-state index in [1.807, 2.05) is 0 Å². The Kier molecular flexibility index (Phi) is 8.14. The van der Waals surface area contributed by atoms with Crippen molar-refractivity contribution >= 4 is 47.5 Å². The molecule has 0 unspecified atom stereocenters. The molecule has 0 aromatic rings. The van der Waals surface area contributed by atoms with Crippen molar-refractivity contribution in [2.45, 2.75) is 6.92 Å². The topological polar surface area (TPSA) is 80.7 Å². The molecular formula is C6H7NaO5. The van der Waals surface area contributed by atoms with E-state index in [4.69, 9.17) is 5.11 Å². The Bertz CT molecular complexity index is 220. The zero-order chi connectivity index (χ0) is 8.85. The van der Waals surface area contributed by atoms with Crippen molar-refractivity contribution in [3.05, 3.63) is 12.2 Å². The third-order valence-electron chi connectivity index (χ3n) is 0.606. The van der Waals surface area contributed by atoms with Crippen molar-refractivity contribution < 1.29 is 24.2 Å². The third kappa shape index (κ3) is 9.35. The molecule has 0 saturated heterocycles. The SMILES string of the molecule is CC(=O)OC(=O)/C=C\C(=O)O.[NaH]. The normalized spacial score (nSPS) is 8.75. The summed E-state index contributed by atoms with van der Waals surface area (Å²) >= 11 is 0. The molecule has 0 aromatic carbocycles. The maximum absolute atomic E-state index is 10.4. The second kappa shape index (κ2) is 7.02. The van der Waals surface area contributed by atoms with Crippen molar-refractivity contribution in [3.63, 3.8) is 0 Å². The summed E-state index contributed by atoms with van der Waals surface area (Å²) in [6, 6.07) is 0. The summed E-state index contributed by atoms with van der Waals surface area (Å²) in [6.07, 6.45) is 1.25. The molecule has 0 radical (unpaired) electrons. The number of hydrogen-bond donors (Lipinski definition) is 1. The van der Waals surface area contributed by atoms with E-state index >= 15 is 0 Å². The van der Waals surface area contributed by atoms with Gasteiger partial charge < -0.3 is 9.84 Å². The Morgan fingerprint density at radius 1 is 1.25 bits per heavy atom. The van der Waals surface area contributed by atoms with Gasteiger partial charge in [-0.15, -0.1) is 0 Å². The van der Waals surface area contributed by atoms with Gasteiger partial charge in [-0.05, 0) is 0 Å². The van der Waals surface area contributed by atoms with Gasteiger partial charge in [-0.1, -0.05) is 0 Å². The molecule has 0 amide bonds. The van der Waals surface area contributed by atoms with Gasteiger partial charge in [0.25, 0.3) is 0 Å².